The largest absolute Gasteiger partial charge is 0.497 e. The summed E-state index contributed by atoms with van der Waals surface area (Å²) < 4.78 is 5.09. The van der Waals surface area contributed by atoms with E-state index in [1.54, 1.807) is 7.11 Å². The summed E-state index contributed by atoms with van der Waals surface area (Å²) >= 11 is 0. The Hall–Kier alpha value is -1.31. The highest BCUT2D eigenvalue weighted by atomic mass is 16.5. The van der Waals surface area contributed by atoms with Crippen molar-refractivity contribution in [3.8, 4) is 5.75 Å². The molecule has 0 aromatic heterocycles. The fraction of sp³-hybridized carbons (Fsp3) is 0.500. The van der Waals surface area contributed by atoms with Crippen molar-refractivity contribution >= 4 is 5.78 Å². The molecule has 88 valence electrons. The van der Waals surface area contributed by atoms with E-state index >= 15 is 0 Å². The minimum atomic E-state index is 0.385. The molecule has 0 saturated heterocycles. The van der Waals surface area contributed by atoms with E-state index in [9.17, 15) is 4.79 Å². The summed E-state index contributed by atoms with van der Waals surface area (Å²) in [4.78, 5) is 11.3. The quantitative estimate of drug-likeness (QED) is 0.704. The van der Waals surface area contributed by atoms with E-state index in [0.717, 1.165) is 31.4 Å². The van der Waals surface area contributed by atoms with Crippen LogP contribution in [-0.4, -0.2) is 12.9 Å². The van der Waals surface area contributed by atoms with Gasteiger partial charge in [-0.15, -0.1) is 0 Å². The number of methoxy groups -OCH3 is 1. The second kappa shape index (κ2) is 7.04. The molecule has 0 aliphatic heterocycles. The lowest BCUT2D eigenvalue weighted by atomic mass is 10.0. The molecule has 0 saturated carbocycles. The second-order valence-corrected chi connectivity index (χ2v) is 3.99. The first kappa shape index (κ1) is 12.8. The number of rotatable bonds is 7. The van der Waals surface area contributed by atoms with Crippen LogP contribution >= 0.6 is 0 Å². The Morgan fingerprint density at radius 1 is 1.19 bits per heavy atom. The molecule has 2 nitrogen and oxygen atoms in total. The third kappa shape index (κ3) is 4.47. The van der Waals surface area contributed by atoms with Crippen molar-refractivity contribution in [1.82, 2.24) is 0 Å². The van der Waals surface area contributed by atoms with Crippen LogP contribution in [0.2, 0.25) is 0 Å². The molecule has 0 fully saturated rings. The molecular weight excluding hydrogens is 200 g/mol. The molecule has 16 heavy (non-hydrogen) atoms. The van der Waals surface area contributed by atoms with Gasteiger partial charge in [0.05, 0.1) is 7.11 Å². The van der Waals surface area contributed by atoms with E-state index in [-0.39, 0.29) is 0 Å². The van der Waals surface area contributed by atoms with Crippen molar-refractivity contribution in [3.05, 3.63) is 29.8 Å². The summed E-state index contributed by atoms with van der Waals surface area (Å²) in [5.74, 6) is 1.27. The number of Topliss-reactive ketones (excluding diaryl/α,β-unsaturated/α-hetero) is 1. The van der Waals surface area contributed by atoms with Crippen LogP contribution in [0.15, 0.2) is 24.3 Å². The molecule has 0 amide bonds. The Balaban J connectivity index is 2.29. The Kier molecular flexibility index (Phi) is 5.62. The monoisotopic (exact) mass is 220 g/mol. The highest BCUT2D eigenvalue weighted by molar-refractivity contribution is 5.78. The number of hydrogen-bond donors (Lipinski definition) is 0. The van der Waals surface area contributed by atoms with Crippen LogP contribution < -0.4 is 4.74 Å². The molecule has 0 aliphatic carbocycles. The lowest BCUT2D eigenvalue weighted by Gasteiger charge is -2.03. The van der Waals surface area contributed by atoms with Gasteiger partial charge < -0.3 is 4.74 Å². The number of carbonyl (C=O) groups excluding carboxylic acids is 1. The molecule has 0 aliphatic rings. The van der Waals surface area contributed by atoms with Crippen LogP contribution in [-0.2, 0) is 11.2 Å². The normalized spacial score (nSPS) is 10.1. The summed E-state index contributed by atoms with van der Waals surface area (Å²) in [6.07, 6.45) is 4.31. The Morgan fingerprint density at radius 2 is 1.88 bits per heavy atom. The van der Waals surface area contributed by atoms with Gasteiger partial charge in [-0.3, -0.25) is 4.79 Å². The number of ether oxygens (including phenoxy) is 1. The standard InChI is InChI=1S/C14H20O2/c1-3-5-13(15)7-4-6-12-8-10-14(16-2)11-9-12/h8-11H,3-7H2,1-2H3. The molecule has 0 N–H and O–H groups in total. The second-order valence-electron chi connectivity index (χ2n) is 3.99. The average Bonchev–Trinajstić information content (AvgIpc) is 2.30. The van der Waals surface area contributed by atoms with Crippen molar-refractivity contribution in [2.24, 2.45) is 0 Å². The summed E-state index contributed by atoms with van der Waals surface area (Å²) in [5.41, 5.74) is 1.27. The first-order valence-corrected chi connectivity index (χ1v) is 5.91. The molecule has 2 heteroatoms. The van der Waals surface area contributed by atoms with E-state index < -0.39 is 0 Å². The maximum Gasteiger partial charge on any atom is 0.132 e. The fourth-order valence-electron chi connectivity index (χ4n) is 1.69. The van der Waals surface area contributed by atoms with Gasteiger partial charge in [-0.2, -0.15) is 0 Å². The minimum Gasteiger partial charge on any atom is -0.497 e. The Bertz CT molecular complexity index is 314. The number of ketones is 1. The van der Waals surface area contributed by atoms with Gasteiger partial charge in [0.25, 0.3) is 0 Å². The number of benzene rings is 1. The predicted octanol–water partition coefficient (Wildman–Crippen LogP) is 3.39. The first-order chi connectivity index (χ1) is 7.76. The maximum absolute atomic E-state index is 11.3. The highest BCUT2D eigenvalue weighted by Crippen LogP contribution is 2.13. The van der Waals surface area contributed by atoms with Gasteiger partial charge in [-0.05, 0) is 37.0 Å². The van der Waals surface area contributed by atoms with E-state index in [1.807, 2.05) is 19.1 Å². The zero-order chi connectivity index (χ0) is 11.8. The maximum atomic E-state index is 11.3. The van der Waals surface area contributed by atoms with Crippen LogP contribution in [0.5, 0.6) is 5.75 Å². The Morgan fingerprint density at radius 3 is 2.44 bits per heavy atom. The molecule has 0 bridgehead atoms. The zero-order valence-corrected chi connectivity index (χ0v) is 10.2. The number of carbonyl (C=O) groups is 1. The van der Waals surface area contributed by atoms with Crippen LogP contribution in [0.4, 0.5) is 0 Å². The lowest BCUT2D eigenvalue weighted by molar-refractivity contribution is -0.119. The van der Waals surface area contributed by atoms with Gasteiger partial charge in [-0.25, -0.2) is 0 Å². The molecule has 0 spiro atoms. The van der Waals surface area contributed by atoms with Gasteiger partial charge >= 0.3 is 0 Å². The zero-order valence-electron chi connectivity index (χ0n) is 10.2. The van der Waals surface area contributed by atoms with Gasteiger partial charge in [0.1, 0.15) is 11.5 Å². The minimum absolute atomic E-state index is 0.385. The van der Waals surface area contributed by atoms with Crippen LogP contribution in [0.1, 0.15) is 38.2 Å². The third-order valence-corrected chi connectivity index (χ3v) is 2.61. The Labute approximate surface area is 97.6 Å². The topological polar surface area (TPSA) is 26.3 Å². The predicted molar refractivity (Wildman–Crippen MR) is 65.8 cm³/mol. The molecule has 1 rings (SSSR count). The number of hydrogen-bond acceptors (Lipinski definition) is 2. The molecule has 1 aromatic rings. The van der Waals surface area contributed by atoms with Crippen LogP contribution in [0.3, 0.4) is 0 Å². The van der Waals surface area contributed by atoms with Gasteiger partial charge in [-0.1, -0.05) is 19.1 Å². The smallest absolute Gasteiger partial charge is 0.132 e. The van der Waals surface area contributed by atoms with Gasteiger partial charge in [0, 0.05) is 12.8 Å². The number of aryl methyl sites for hydroxylation is 1. The van der Waals surface area contributed by atoms with E-state index in [1.165, 1.54) is 5.56 Å². The van der Waals surface area contributed by atoms with E-state index in [4.69, 9.17) is 4.74 Å². The molecule has 1 aromatic carbocycles. The average molecular weight is 220 g/mol. The summed E-state index contributed by atoms with van der Waals surface area (Å²) in [7, 11) is 1.67. The SMILES string of the molecule is CCCC(=O)CCCc1ccc(OC)cc1. The van der Waals surface area contributed by atoms with Crippen molar-refractivity contribution in [1.29, 1.82) is 0 Å². The fourth-order valence-corrected chi connectivity index (χ4v) is 1.69. The highest BCUT2D eigenvalue weighted by Gasteiger charge is 2.00. The van der Waals surface area contributed by atoms with Gasteiger partial charge in [0.15, 0.2) is 0 Å². The first-order valence-electron chi connectivity index (χ1n) is 5.91. The molecule has 0 radical (unpaired) electrons. The van der Waals surface area contributed by atoms with Gasteiger partial charge in [0.2, 0.25) is 0 Å². The third-order valence-electron chi connectivity index (χ3n) is 2.61. The summed E-state index contributed by atoms with van der Waals surface area (Å²) in [6, 6.07) is 8.04. The molecule has 0 atom stereocenters. The lowest BCUT2D eigenvalue weighted by Crippen LogP contribution is -1.97. The van der Waals surface area contributed by atoms with Crippen LogP contribution in [0, 0.1) is 0 Å². The van der Waals surface area contributed by atoms with E-state index in [0.29, 0.717) is 12.2 Å². The molecular formula is C14H20O2. The molecule has 0 unspecified atom stereocenters. The van der Waals surface area contributed by atoms with Crippen LogP contribution in [0.25, 0.3) is 0 Å². The van der Waals surface area contributed by atoms with E-state index in [2.05, 4.69) is 12.1 Å². The summed E-state index contributed by atoms with van der Waals surface area (Å²) in [6.45, 7) is 2.04. The van der Waals surface area contributed by atoms with Crippen molar-refractivity contribution in [2.45, 2.75) is 39.0 Å². The van der Waals surface area contributed by atoms with Crippen molar-refractivity contribution in [3.63, 3.8) is 0 Å². The van der Waals surface area contributed by atoms with Crippen molar-refractivity contribution in [2.75, 3.05) is 7.11 Å². The molecule has 0 heterocycles. The van der Waals surface area contributed by atoms with Crippen molar-refractivity contribution < 1.29 is 9.53 Å². The summed E-state index contributed by atoms with van der Waals surface area (Å²) in [5, 5.41) is 0.